The van der Waals surface area contributed by atoms with Crippen LogP contribution in [0.5, 0.6) is 0 Å². The molecule has 0 amide bonds. The Morgan fingerprint density at radius 2 is 2.12 bits per heavy atom. The molecule has 0 saturated heterocycles. The van der Waals surface area contributed by atoms with Crippen LogP contribution in [-0.4, -0.2) is 18.3 Å². The van der Waals surface area contributed by atoms with Crippen LogP contribution in [-0.2, 0) is 0 Å². The first-order valence-electron chi connectivity index (χ1n) is 5.86. The van der Waals surface area contributed by atoms with E-state index in [1.54, 1.807) is 17.8 Å². The second kappa shape index (κ2) is 7.69. The summed E-state index contributed by atoms with van der Waals surface area (Å²) in [6.07, 6.45) is 2.42. The van der Waals surface area contributed by atoms with Gasteiger partial charge in [0.05, 0.1) is 0 Å². The summed E-state index contributed by atoms with van der Waals surface area (Å²) in [5.74, 6) is -0.118. The minimum atomic E-state index is -0.118. The standard InChI is InChI=1S/C13H20FNS/c1-3-4-9-15-10-11(2)16-13-8-6-5-7-12(13)14/h5-8,11,15H,3-4,9-10H2,1-2H3. The van der Waals surface area contributed by atoms with Crippen molar-refractivity contribution in [2.75, 3.05) is 13.1 Å². The molecule has 90 valence electrons. The van der Waals surface area contributed by atoms with Gasteiger partial charge >= 0.3 is 0 Å². The predicted octanol–water partition coefficient (Wildman–Crippen LogP) is 3.70. The Morgan fingerprint density at radius 3 is 2.81 bits per heavy atom. The van der Waals surface area contributed by atoms with E-state index < -0.39 is 0 Å². The number of hydrogen-bond donors (Lipinski definition) is 1. The molecule has 0 radical (unpaired) electrons. The van der Waals surface area contributed by atoms with E-state index in [-0.39, 0.29) is 5.82 Å². The van der Waals surface area contributed by atoms with Crippen molar-refractivity contribution in [1.29, 1.82) is 0 Å². The average Bonchev–Trinajstić information content (AvgIpc) is 2.28. The van der Waals surface area contributed by atoms with Gasteiger partial charge in [-0.2, -0.15) is 0 Å². The summed E-state index contributed by atoms with van der Waals surface area (Å²) in [6.45, 7) is 6.28. The molecule has 1 atom stereocenters. The van der Waals surface area contributed by atoms with E-state index in [9.17, 15) is 4.39 Å². The Kier molecular flexibility index (Phi) is 6.50. The van der Waals surface area contributed by atoms with E-state index >= 15 is 0 Å². The van der Waals surface area contributed by atoms with Gasteiger partial charge in [-0.05, 0) is 25.1 Å². The molecule has 0 heterocycles. The van der Waals surface area contributed by atoms with E-state index in [0.29, 0.717) is 5.25 Å². The zero-order valence-corrected chi connectivity index (χ0v) is 10.8. The third-order valence-electron chi connectivity index (χ3n) is 2.30. The van der Waals surface area contributed by atoms with E-state index in [2.05, 4.69) is 19.2 Å². The summed E-state index contributed by atoms with van der Waals surface area (Å²) in [7, 11) is 0. The van der Waals surface area contributed by atoms with Crippen LogP contribution >= 0.6 is 11.8 Å². The molecule has 1 unspecified atom stereocenters. The van der Waals surface area contributed by atoms with Crippen molar-refractivity contribution >= 4 is 11.8 Å². The third kappa shape index (κ3) is 4.99. The van der Waals surface area contributed by atoms with E-state index in [0.717, 1.165) is 18.0 Å². The van der Waals surface area contributed by atoms with Gasteiger partial charge in [-0.15, -0.1) is 11.8 Å². The zero-order valence-electron chi connectivity index (χ0n) is 10.0. The lowest BCUT2D eigenvalue weighted by atomic mass is 10.3. The fourth-order valence-corrected chi connectivity index (χ4v) is 2.38. The van der Waals surface area contributed by atoms with Gasteiger partial charge in [0.15, 0.2) is 0 Å². The molecule has 3 heteroatoms. The quantitative estimate of drug-likeness (QED) is 0.577. The second-order valence-corrected chi connectivity index (χ2v) is 5.40. The highest BCUT2D eigenvalue weighted by atomic mass is 32.2. The van der Waals surface area contributed by atoms with Crippen LogP contribution in [0.2, 0.25) is 0 Å². The van der Waals surface area contributed by atoms with Crippen molar-refractivity contribution in [3.05, 3.63) is 30.1 Å². The average molecular weight is 241 g/mol. The van der Waals surface area contributed by atoms with Gasteiger partial charge in [-0.1, -0.05) is 32.4 Å². The number of unbranched alkanes of at least 4 members (excludes halogenated alkanes) is 1. The fourth-order valence-electron chi connectivity index (χ4n) is 1.41. The van der Waals surface area contributed by atoms with Crippen LogP contribution in [0.15, 0.2) is 29.2 Å². The SMILES string of the molecule is CCCCNCC(C)Sc1ccccc1F. The minimum Gasteiger partial charge on any atom is -0.316 e. The first-order valence-corrected chi connectivity index (χ1v) is 6.74. The van der Waals surface area contributed by atoms with E-state index in [1.807, 2.05) is 12.1 Å². The van der Waals surface area contributed by atoms with Crippen molar-refractivity contribution in [1.82, 2.24) is 5.32 Å². The largest absolute Gasteiger partial charge is 0.316 e. The van der Waals surface area contributed by atoms with Gasteiger partial charge in [0.1, 0.15) is 5.82 Å². The topological polar surface area (TPSA) is 12.0 Å². The fraction of sp³-hybridized carbons (Fsp3) is 0.538. The van der Waals surface area contributed by atoms with Gasteiger partial charge in [0, 0.05) is 16.7 Å². The molecule has 0 aromatic heterocycles. The molecule has 0 spiro atoms. The lowest BCUT2D eigenvalue weighted by Gasteiger charge is -2.12. The van der Waals surface area contributed by atoms with Crippen LogP contribution in [0.25, 0.3) is 0 Å². The summed E-state index contributed by atoms with van der Waals surface area (Å²) >= 11 is 1.59. The molecule has 0 fully saturated rings. The Labute approximate surface area is 102 Å². The van der Waals surface area contributed by atoms with Crippen LogP contribution in [0, 0.1) is 5.82 Å². The number of halogens is 1. The highest BCUT2D eigenvalue weighted by Crippen LogP contribution is 2.25. The Morgan fingerprint density at radius 1 is 1.38 bits per heavy atom. The maximum Gasteiger partial charge on any atom is 0.136 e. The first-order chi connectivity index (χ1) is 7.74. The molecule has 1 rings (SSSR count). The van der Waals surface area contributed by atoms with Crippen molar-refractivity contribution in [3.8, 4) is 0 Å². The van der Waals surface area contributed by atoms with Crippen molar-refractivity contribution in [2.24, 2.45) is 0 Å². The Balaban J connectivity index is 2.28. The summed E-state index contributed by atoms with van der Waals surface area (Å²) in [4.78, 5) is 0.743. The molecule has 1 aromatic carbocycles. The Bertz CT molecular complexity index is 304. The smallest absolute Gasteiger partial charge is 0.136 e. The molecule has 0 bridgehead atoms. The van der Waals surface area contributed by atoms with Crippen molar-refractivity contribution < 1.29 is 4.39 Å². The van der Waals surface area contributed by atoms with Gasteiger partial charge < -0.3 is 5.32 Å². The van der Waals surface area contributed by atoms with Crippen LogP contribution in [0.3, 0.4) is 0 Å². The molecule has 1 N–H and O–H groups in total. The van der Waals surface area contributed by atoms with E-state index in [4.69, 9.17) is 0 Å². The molecule has 1 aromatic rings. The summed E-state index contributed by atoms with van der Waals surface area (Å²) in [6, 6.07) is 6.95. The lowest BCUT2D eigenvalue weighted by molar-refractivity contribution is 0.600. The highest BCUT2D eigenvalue weighted by Gasteiger charge is 2.07. The zero-order chi connectivity index (χ0) is 11.8. The van der Waals surface area contributed by atoms with Crippen LogP contribution in [0.1, 0.15) is 26.7 Å². The first kappa shape index (κ1) is 13.5. The highest BCUT2D eigenvalue weighted by molar-refractivity contribution is 8.00. The van der Waals surface area contributed by atoms with Gasteiger partial charge in [-0.25, -0.2) is 4.39 Å². The number of nitrogens with one attached hydrogen (secondary N) is 1. The molecule has 1 nitrogen and oxygen atoms in total. The van der Waals surface area contributed by atoms with Gasteiger partial charge in [0.25, 0.3) is 0 Å². The molecule has 0 aliphatic heterocycles. The maximum atomic E-state index is 13.4. The molecule has 0 aliphatic carbocycles. The van der Waals surface area contributed by atoms with Gasteiger partial charge in [0.2, 0.25) is 0 Å². The van der Waals surface area contributed by atoms with Crippen molar-refractivity contribution in [3.63, 3.8) is 0 Å². The number of hydrogen-bond acceptors (Lipinski definition) is 2. The lowest BCUT2D eigenvalue weighted by Crippen LogP contribution is -2.23. The second-order valence-electron chi connectivity index (χ2n) is 3.92. The monoisotopic (exact) mass is 241 g/mol. The maximum absolute atomic E-state index is 13.4. The summed E-state index contributed by atoms with van der Waals surface area (Å²) in [5, 5.41) is 3.78. The van der Waals surface area contributed by atoms with Crippen LogP contribution in [0.4, 0.5) is 4.39 Å². The minimum absolute atomic E-state index is 0.118. The molecule has 0 aliphatic rings. The summed E-state index contributed by atoms with van der Waals surface area (Å²) in [5.41, 5.74) is 0. The normalized spacial score (nSPS) is 12.7. The van der Waals surface area contributed by atoms with Crippen LogP contribution < -0.4 is 5.32 Å². The van der Waals surface area contributed by atoms with E-state index in [1.165, 1.54) is 18.9 Å². The molecular formula is C13H20FNS. The third-order valence-corrected chi connectivity index (χ3v) is 3.46. The predicted molar refractivity (Wildman–Crippen MR) is 69.5 cm³/mol. The number of benzene rings is 1. The number of rotatable bonds is 7. The molecule has 16 heavy (non-hydrogen) atoms. The van der Waals surface area contributed by atoms with Gasteiger partial charge in [-0.3, -0.25) is 0 Å². The molecular weight excluding hydrogens is 221 g/mol. The summed E-state index contributed by atoms with van der Waals surface area (Å²) < 4.78 is 13.4. The van der Waals surface area contributed by atoms with Crippen molar-refractivity contribution in [2.45, 2.75) is 36.8 Å². The Hall–Kier alpha value is -0.540. The number of thioether (sulfide) groups is 1. The molecule has 0 saturated carbocycles.